The number of carboxylic acid groups (broad SMARTS) is 1. The molecule has 6 rings (SSSR count). The smallest absolute Gasteiger partial charge is 0.477 e. The summed E-state index contributed by atoms with van der Waals surface area (Å²) in [5.41, 5.74) is 10.6. The Kier molecular flexibility index (Phi) is 30.5. The summed E-state index contributed by atoms with van der Waals surface area (Å²) in [6, 6.07) is 0. The monoisotopic (exact) mass is 1460 g/mol. The maximum absolute atomic E-state index is 13.5. The first-order chi connectivity index (χ1) is 44.4. The minimum atomic E-state index is -6.27. The Hall–Kier alpha value is -1.52. The molecule has 36 atom stereocenters. The second-order valence-corrected chi connectivity index (χ2v) is 26.5. The third-order valence-corrected chi connectivity index (χ3v) is 19.2. The average Bonchev–Trinajstić information content (AvgIpc) is 0.763. The molecule has 0 amide bonds. The molecule has 0 aliphatic carbocycles. The van der Waals surface area contributed by atoms with Gasteiger partial charge in [-0.05, 0) is 0 Å². The first-order valence-electron chi connectivity index (χ1n) is 28.6. The number of nitrogens with two attached hydrogens (primary N) is 2. The largest absolute Gasteiger partial charge is 0.481 e. The molecule has 6 saturated heterocycles. The molecule has 0 aromatic rings. The first-order valence-corrected chi connectivity index (χ1v) is 33.0. The second kappa shape index (κ2) is 35.1. The van der Waals surface area contributed by atoms with Crippen molar-refractivity contribution >= 4 is 29.4 Å². The molecule has 47 nitrogen and oxygen atoms in total. The summed E-state index contributed by atoms with van der Waals surface area (Å²) >= 11 is 0. The van der Waals surface area contributed by atoms with Crippen LogP contribution in [0.25, 0.3) is 0 Å². The Balaban J connectivity index is 1.56. The number of rotatable bonds is 33. The van der Waals surface area contributed by atoms with Crippen LogP contribution >= 0.6 is 23.5 Å². The van der Waals surface area contributed by atoms with E-state index in [4.69, 9.17) is 77.1 Å². The maximum atomic E-state index is 13.5. The standard InChI is InChI=1S/C45H83N2O45P3/c46-1-3-77-93(71,72)91-18(11-53)33-24(62)26(64)37(87-42-36(25(63)23(61)30(81-42)12(54)6-48)86-39-27(65)21(59)19(57)16(9-51)79-39)43(83-33)85-35-29(67)41(82-31(13(55)7-49)38(35)88-40-28(66)22(60)20(58)17(10-52)80-40)84-34-15(90-95(75,76)92-94(73,74)78-4-2-47)5-45(70,44(68)69)89-32(34)14(56)8-50/h12-43,48-67,70H,1-11,46-47H2,(H,68,69)(H,71,72)(H,73,74)(H,75,76)/t12-,13-,14+,15+,16+,17+,18-,19-,20+,21-,22-,23-,24-,25-,26-,27+,28+,29-,30+,31+,32+,33+,34+,35+,36-,37-,38+,39-,40-,41+,42+,43+,45+/m0/s1. The molecule has 0 aromatic heterocycles. The van der Waals surface area contributed by atoms with E-state index in [-0.39, 0.29) is 0 Å². The molecule has 0 saturated carbocycles. The quantitative estimate of drug-likeness (QED) is 0.0271. The number of hydrogen-bond donors (Lipinski definition) is 27. The van der Waals surface area contributed by atoms with E-state index in [9.17, 15) is 146 Å². The normalized spacial score (nSPS) is 44.6. The summed E-state index contributed by atoms with van der Waals surface area (Å²) < 4.78 is 126. The molecule has 6 aliphatic rings. The summed E-state index contributed by atoms with van der Waals surface area (Å²) in [5.74, 6) is -6.07. The van der Waals surface area contributed by atoms with E-state index in [1.165, 1.54) is 0 Å². The predicted molar refractivity (Wildman–Crippen MR) is 287 cm³/mol. The van der Waals surface area contributed by atoms with Gasteiger partial charge in [0.2, 0.25) is 0 Å². The van der Waals surface area contributed by atoms with Crippen molar-refractivity contribution in [1.82, 2.24) is 0 Å². The van der Waals surface area contributed by atoms with E-state index in [2.05, 4.69) is 8.83 Å². The third-order valence-electron chi connectivity index (χ3n) is 15.4. The van der Waals surface area contributed by atoms with Crippen molar-refractivity contribution in [2.24, 2.45) is 11.5 Å². The second-order valence-electron chi connectivity index (χ2n) is 22.1. The van der Waals surface area contributed by atoms with Crippen LogP contribution in [0.4, 0.5) is 0 Å². The van der Waals surface area contributed by atoms with Gasteiger partial charge in [0.25, 0.3) is 5.79 Å². The van der Waals surface area contributed by atoms with Gasteiger partial charge in [-0.25, -0.2) is 18.5 Å². The molecule has 6 heterocycles. The lowest BCUT2D eigenvalue weighted by atomic mass is 9.91. The fourth-order valence-electron chi connectivity index (χ4n) is 10.6. The highest BCUT2D eigenvalue weighted by Crippen LogP contribution is 2.62. The molecule has 6 aliphatic heterocycles. The predicted octanol–water partition coefficient (Wildman–Crippen LogP) is -15.9. The summed E-state index contributed by atoms with van der Waals surface area (Å²) in [6.07, 6.45) is -81.5. The highest BCUT2D eigenvalue weighted by Gasteiger charge is 2.63. The van der Waals surface area contributed by atoms with Crippen molar-refractivity contribution in [3.63, 3.8) is 0 Å². The first kappa shape index (κ1) is 82.4. The van der Waals surface area contributed by atoms with Gasteiger partial charge in [-0.15, -0.1) is 0 Å². The van der Waals surface area contributed by atoms with Crippen molar-refractivity contribution in [2.45, 2.75) is 208 Å². The lowest BCUT2D eigenvalue weighted by molar-refractivity contribution is -0.419. The number of aliphatic carboxylic acids is 1. The topological polar surface area (TPSA) is 774 Å². The molecule has 50 heteroatoms. The van der Waals surface area contributed by atoms with Gasteiger partial charge in [0.1, 0.15) is 165 Å². The number of carboxylic acids is 1. The van der Waals surface area contributed by atoms with Crippen molar-refractivity contribution in [3.05, 3.63) is 0 Å². The summed E-state index contributed by atoms with van der Waals surface area (Å²) in [5, 5.41) is 241. The maximum Gasteiger partial charge on any atom is 0.481 e. The molecular weight excluding hydrogens is 1380 g/mol. The van der Waals surface area contributed by atoms with E-state index in [1.807, 2.05) is 0 Å². The van der Waals surface area contributed by atoms with Gasteiger partial charge < -0.3 is 191 Å². The van der Waals surface area contributed by atoms with Crippen molar-refractivity contribution in [2.75, 3.05) is 65.9 Å². The number of ether oxygens (including phenoxy) is 11. The van der Waals surface area contributed by atoms with Crippen LogP contribution in [0.3, 0.4) is 0 Å². The number of phosphoric acid groups is 3. The molecule has 0 radical (unpaired) electrons. The highest BCUT2D eigenvalue weighted by molar-refractivity contribution is 7.61. The van der Waals surface area contributed by atoms with Crippen LogP contribution in [-0.2, 0) is 93.0 Å². The van der Waals surface area contributed by atoms with Crippen LogP contribution in [0, 0.1) is 0 Å². The van der Waals surface area contributed by atoms with Crippen LogP contribution in [0.5, 0.6) is 0 Å². The van der Waals surface area contributed by atoms with Crippen LogP contribution in [0.1, 0.15) is 6.42 Å². The minimum Gasteiger partial charge on any atom is -0.477 e. The van der Waals surface area contributed by atoms with Crippen LogP contribution in [-0.4, -0.2) is 401 Å². The van der Waals surface area contributed by atoms with Gasteiger partial charge in [-0.1, -0.05) is 0 Å². The lowest BCUT2D eigenvalue weighted by Crippen LogP contribution is -2.71. The number of aliphatic hydroxyl groups is 21. The zero-order valence-corrected chi connectivity index (χ0v) is 51.8. The van der Waals surface area contributed by atoms with E-state index >= 15 is 0 Å². The number of hydrogen-bond acceptors (Lipinski definition) is 43. The molecule has 29 N–H and O–H groups in total. The summed E-state index contributed by atoms with van der Waals surface area (Å²) in [7, 11) is -17.5. The van der Waals surface area contributed by atoms with E-state index in [1.54, 1.807) is 0 Å². The molecule has 6 fully saturated rings. The Morgan fingerprint density at radius 3 is 1.35 bits per heavy atom. The fourth-order valence-corrected chi connectivity index (χ4v) is 13.8. The lowest BCUT2D eigenvalue weighted by Gasteiger charge is -2.52. The van der Waals surface area contributed by atoms with Crippen molar-refractivity contribution in [3.8, 4) is 0 Å². The van der Waals surface area contributed by atoms with Gasteiger partial charge in [0, 0.05) is 19.5 Å². The SMILES string of the molecule is NCCOP(=O)(O)O[C@@H](CO)[C@H]1O[C@H](O[C@@H]2[C@H](O)[C@@H](O[C@H]3[C@@H]([C@H](O)CO)O[C@@](O)(C(=O)O)C[C@H]3OP(=O)(O)OP(=O)(O)OCCN)O[C@H]([C@@H](O)CO)[C@H]2O[C@@H]2O[C@H](CO)[C@@H](O)[C@H](O)[C@H]2O)[C@@H](O[C@H]2O[C@H]([C@@H](O)CO)[C@@H](O)[C@H](O)[C@@H]2O[C@@H]2O[C@H](CO)[C@H](O)[C@H](O)[C@H]2O)[C@@H](O)[C@@H]1O. The Morgan fingerprint density at radius 2 is 0.874 bits per heavy atom. The number of aliphatic hydroxyl groups excluding tert-OH is 20. The minimum absolute atomic E-state index is 0.445. The summed E-state index contributed by atoms with van der Waals surface area (Å²) in [4.78, 5) is 44.2. The van der Waals surface area contributed by atoms with Gasteiger partial charge in [-0.2, -0.15) is 4.31 Å². The van der Waals surface area contributed by atoms with Crippen LogP contribution < -0.4 is 11.5 Å². The Morgan fingerprint density at radius 1 is 0.463 bits per heavy atom. The van der Waals surface area contributed by atoms with Crippen LogP contribution in [0.15, 0.2) is 0 Å². The third kappa shape index (κ3) is 19.6. The van der Waals surface area contributed by atoms with E-state index in [0.717, 1.165) is 0 Å². The Labute approximate surface area is 534 Å². The average molecular weight is 1470 g/mol. The molecule has 0 spiro atoms. The molecule has 558 valence electrons. The highest BCUT2D eigenvalue weighted by atomic mass is 31.3. The van der Waals surface area contributed by atoms with Gasteiger partial charge in [0.15, 0.2) is 31.5 Å². The van der Waals surface area contributed by atoms with Crippen molar-refractivity contribution in [1.29, 1.82) is 0 Å². The number of carbonyl (C=O) groups is 1. The molecule has 0 aromatic carbocycles. The zero-order chi connectivity index (χ0) is 71.1. The van der Waals surface area contributed by atoms with Crippen LogP contribution in [0.2, 0.25) is 0 Å². The van der Waals surface area contributed by atoms with Gasteiger partial charge in [0.05, 0.1) is 52.9 Å². The molecule has 0 bridgehead atoms. The Bertz CT molecular complexity index is 2530. The number of phosphoric ester groups is 3. The van der Waals surface area contributed by atoms with Crippen molar-refractivity contribution < 1.29 is 220 Å². The van der Waals surface area contributed by atoms with E-state index in [0.29, 0.717) is 0 Å². The van der Waals surface area contributed by atoms with Gasteiger partial charge >= 0.3 is 29.4 Å². The van der Waals surface area contributed by atoms with Gasteiger partial charge in [-0.3, -0.25) is 18.1 Å². The van der Waals surface area contributed by atoms with E-state index < -0.39 is 304 Å². The molecule has 3 unspecified atom stereocenters. The molecular formula is C45H83N2O45P3. The summed E-state index contributed by atoms with van der Waals surface area (Å²) in [6.45, 7) is -10.7. The molecule has 95 heavy (non-hydrogen) atoms. The fraction of sp³-hybridized carbons (Fsp3) is 0.978. The zero-order valence-electron chi connectivity index (χ0n) is 49.1.